The van der Waals surface area contributed by atoms with Gasteiger partial charge in [0.25, 0.3) is 0 Å². The Balaban J connectivity index is 1.18. The molecule has 1 amide bonds. The lowest BCUT2D eigenvalue weighted by molar-refractivity contribution is -0.0303. The van der Waals surface area contributed by atoms with Gasteiger partial charge in [0.15, 0.2) is 0 Å². The zero-order chi connectivity index (χ0) is 40.4. The second-order valence-corrected chi connectivity index (χ2v) is 18.0. The van der Waals surface area contributed by atoms with Gasteiger partial charge in [0, 0.05) is 94.2 Å². The molecule has 2 aromatic carbocycles. The van der Waals surface area contributed by atoms with Crippen molar-refractivity contribution in [2.45, 2.75) is 44.8 Å². The van der Waals surface area contributed by atoms with E-state index in [1.807, 2.05) is 39.1 Å². The molecule has 0 aliphatic carbocycles. The van der Waals surface area contributed by atoms with Gasteiger partial charge in [-0.2, -0.15) is 10.1 Å². The summed E-state index contributed by atoms with van der Waals surface area (Å²) >= 11 is 3.48. The number of sulfonamides is 1. The Morgan fingerprint density at radius 2 is 1.77 bits per heavy atom. The Bertz CT molecular complexity index is 2130. The SMILES string of the molecule is COc1cc(N2CCC(O)(CN3CCN(C(=O)OC(C)(C)C)CC3)CC2)c(-c2cn[nH]c2)cc1Nc1ncc(Br)c(Nc2ccc(O)cc2N(C)S(C)(=O)=O)n1. The van der Waals surface area contributed by atoms with E-state index in [0.717, 1.165) is 27.4 Å². The van der Waals surface area contributed by atoms with Crippen LogP contribution >= 0.6 is 15.9 Å². The number of aromatic amines is 1. The summed E-state index contributed by atoms with van der Waals surface area (Å²) < 4.78 is 37.7. The summed E-state index contributed by atoms with van der Waals surface area (Å²) in [5.74, 6) is 1.01. The number of hydrogen-bond acceptors (Lipinski definition) is 14. The fourth-order valence-electron chi connectivity index (χ4n) is 6.71. The third kappa shape index (κ3) is 9.74. The van der Waals surface area contributed by atoms with Crippen LogP contribution in [0.5, 0.6) is 11.5 Å². The molecule has 0 atom stereocenters. The van der Waals surface area contributed by atoms with E-state index in [1.54, 1.807) is 30.5 Å². The molecule has 5 N–H and O–H groups in total. The number of benzene rings is 2. The molecule has 2 saturated heterocycles. The van der Waals surface area contributed by atoms with E-state index in [1.165, 1.54) is 19.2 Å². The number of ether oxygens (including phenoxy) is 2. The normalized spacial score (nSPS) is 16.4. The summed E-state index contributed by atoms with van der Waals surface area (Å²) in [6.07, 6.45) is 6.99. The average molecular weight is 858 g/mol. The van der Waals surface area contributed by atoms with Crippen LogP contribution in [0.25, 0.3) is 11.1 Å². The topological polar surface area (TPSA) is 202 Å². The summed E-state index contributed by atoms with van der Waals surface area (Å²) in [5.41, 5.74) is 2.41. The zero-order valence-electron chi connectivity index (χ0n) is 32.3. The van der Waals surface area contributed by atoms with Crippen LogP contribution in [-0.4, -0.2) is 132 Å². The van der Waals surface area contributed by atoms with E-state index >= 15 is 0 Å². The number of aliphatic hydroxyl groups is 1. The molecule has 0 saturated carbocycles. The molecule has 2 aliphatic heterocycles. The highest BCUT2D eigenvalue weighted by Gasteiger charge is 2.37. The van der Waals surface area contributed by atoms with Crippen molar-refractivity contribution in [2.75, 3.05) is 86.1 Å². The van der Waals surface area contributed by atoms with Crippen molar-refractivity contribution in [3.63, 3.8) is 0 Å². The van der Waals surface area contributed by atoms with Crippen LogP contribution in [0.4, 0.5) is 39.3 Å². The third-order valence-corrected chi connectivity index (χ3v) is 11.5. The fourth-order valence-corrected chi connectivity index (χ4v) is 7.51. The number of piperazine rings is 1. The Morgan fingerprint density at radius 3 is 2.39 bits per heavy atom. The number of β-amino-alcohol motifs (C(OH)–C–C–N with tert-alkyl or cyclic N) is 1. The first-order chi connectivity index (χ1) is 26.4. The number of nitrogens with one attached hydrogen (secondary N) is 3. The van der Waals surface area contributed by atoms with Crippen molar-refractivity contribution >= 4 is 66.6 Å². The third-order valence-electron chi connectivity index (χ3n) is 9.77. The zero-order valence-corrected chi connectivity index (χ0v) is 34.7. The number of aromatic hydroxyl groups is 1. The maximum absolute atomic E-state index is 12.5. The molecule has 6 rings (SSSR count). The molecule has 0 unspecified atom stereocenters. The smallest absolute Gasteiger partial charge is 0.410 e. The van der Waals surface area contributed by atoms with E-state index in [9.17, 15) is 23.4 Å². The number of H-pyrrole nitrogens is 1. The van der Waals surface area contributed by atoms with E-state index in [-0.39, 0.29) is 23.5 Å². The van der Waals surface area contributed by atoms with E-state index < -0.39 is 21.2 Å². The number of rotatable bonds is 11. The molecule has 302 valence electrons. The van der Waals surface area contributed by atoms with Crippen LogP contribution < -0.4 is 24.6 Å². The lowest BCUT2D eigenvalue weighted by Crippen LogP contribution is -2.56. The van der Waals surface area contributed by atoms with Gasteiger partial charge in [-0.1, -0.05) is 0 Å². The molecule has 0 spiro atoms. The van der Waals surface area contributed by atoms with Gasteiger partial charge in [-0.25, -0.2) is 18.2 Å². The second-order valence-electron chi connectivity index (χ2n) is 15.1. The number of methoxy groups -OCH3 is 1. The van der Waals surface area contributed by atoms with Crippen LogP contribution in [0.1, 0.15) is 33.6 Å². The number of hydrogen-bond donors (Lipinski definition) is 5. The monoisotopic (exact) mass is 856 g/mol. The minimum atomic E-state index is -3.64. The molecule has 4 aromatic rings. The molecule has 2 aromatic heterocycles. The predicted molar refractivity (Wildman–Crippen MR) is 219 cm³/mol. The highest BCUT2D eigenvalue weighted by atomic mass is 79.9. The molecule has 56 heavy (non-hydrogen) atoms. The molecular formula is C37H49BrN10O7S. The number of aromatic nitrogens is 4. The van der Waals surface area contributed by atoms with Gasteiger partial charge in [0.05, 0.1) is 46.7 Å². The average Bonchev–Trinajstić information content (AvgIpc) is 3.68. The number of carbonyl (C=O) groups is 1. The number of halogens is 1. The van der Waals surface area contributed by atoms with Crippen LogP contribution in [-0.2, 0) is 14.8 Å². The lowest BCUT2D eigenvalue weighted by atomic mass is 9.89. The Labute approximate surface area is 335 Å². The molecular weight excluding hydrogens is 808 g/mol. The predicted octanol–water partition coefficient (Wildman–Crippen LogP) is 5.11. The van der Waals surface area contributed by atoms with Crippen LogP contribution in [0.3, 0.4) is 0 Å². The van der Waals surface area contributed by atoms with Crippen LogP contribution in [0, 0.1) is 0 Å². The first kappa shape index (κ1) is 40.8. The van der Waals surface area contributed by atoms with Gasteiger partial charge < -0.3 is 40.1 Å². The van der Waals surface area contributed by atoms with Gasteiger partial charge in [-0.15, -0.1) is 0 Å². The number of phenols is 1. The van der Waals surface area contributed by atoms with E-state index in [4.69, 9.17) is 9.47 Å². The number of amides is 1. The van der Waals surface area contributed by atoms with Crippen molar-refractivity contribution in [1.82, 2.24) is 30.0 Å². The molecule has 4 heterocycles. The molecule has 0 bridgehead atoms. The highest BCUT2D eigenvalue weighted by molar-refractivity contribution is 9.10. The minimum Gasteiger partial charge on any atom is -0.508 e. The molecule has 19 heteroatoms. The van der Waals surface area contributed by atoms with Crippen molar-refractivity contribution in [2.24, 2.45) is 0 Å². The maximum atomic E-state index is 12.5. The summed E-state index contributed by atoms with van der Waals surface area (Å²) in [5, 5.41) is 35.4. The molecule has 2 aliphatic rings. The fraction of sp³-hybridized carbons (Fsp3) is 0.459. The van der Waals surface area contributed by atoms with Crippen molar-refractivity contribution in [3.8, 4) is 22.6 Å². The van der Waals surface area contributed by atoms with Crippen LogP contribution in [0.2, 0.25) is 0 Å². The van der Waals surface area contributed by atoms with Gasteiger partial charge in [-0.05, 0) is 67.7 Å². The van der Waals surface area contributed by atoms with E-state index in [0.29, 0.717) is 86.1 Å². The number of anilines is 6. The molecule has 2 fully saturated rings. The van der Waals surface area contributed by atoms with Crippen molar-refractivity contribution in [3.05, 3.63) is 53.4 Å². The lowest BCUT2D eigenvalue weighted by Gasteiger charge is -2.44. The highest BCUT2D eigenvalue weighted by Crippen LogP contribution is 2.42. The second kappa shape index (κ2) is 16.3. The summed E-state index contributed by atoms with van der Waals surface area (Å²) in [4.78, 5) is 27.9. The van der Waals surface area contributed by atoms with Gasteiger partial charge in [0.1, 0.15) is 22.9 Å². The van der Waals surface area contributed by atoms with Gasteiger partial charge in [-0.3, -0.25) is 14.3 Å². The Hall–Kier alpha value is -4.85. The Kier molecular flexibility index (Phi) is 11.9. The minimum absolute atomic E-state index is 0.0959. The molecule has 0 radical (unpaired) electrons. The Morgan fingerprint density at radius 1 is 1.05 bits per heavy atom. The summed E-state index contributed by atoms with van der Waals surface area (Å²) in [7, 11) is -0.657. The quantitative estimate of drug-likeness (QED) is 0.125. The number of piperidine rings is 1. The summed E-state index contributed by atoms with van der Waals surface area (Å²) in [6.45, 7) is 9.75. The van der Waals surface area contributed by atoms with Gasteiger partial charge >= 0.3 is 6.09 Å². The number of nitrogens with zero attached hydrogens (tertiary/aromatic N) is 7. The summed E-state index contributed by atoms with van der Waals surface area (Å²) in [6, 6.07) is 8.25. The van der Waals surface area contributed by atoms with Crippen LogP contribution in [0.15, 0.2) is 53.4 Å². The molecule has 17 nitrogen and oxygen atoms in total. The van der Waals surface area contributed by atoms with Crippen molar-refractivity contribution in [1.29, 1.82) is 0 Å². The van der Waals surface area contributed by atoms with Crippen molar-refractivity contribution < 1.29 is 32.9 Å². The number of carbonyl (C=O) groups excluding carboxylic acids is 1. The standard InChI is InChI=1S/C37H49BrN10O7S/c1-36(2,3)55-35(50)48-15-13-46(14-16-48)23-37(51)9-11-47(12-10-37)30-19-32(54-5)29(18-26(30)24-20-40-41-21-24)43-34-39-22-27(38)33(44-34)42-28-8-7-25(49)17-31(28)45(4)56(6,52)53/h7-8,17-22,49,51H,9-16,23H2,1-6H3,(H,40,41)(H2,39,42,43,44). The first-order valence-corrected chi connectivity index (χ1v) is 20.8. The first-order valence-electron chi connectivity index (χ1n) is 18.1. The van der Waals surface area contributed by atoms with E-state index in [2.05, 4.69) is 56.5 Å². The number of phenolic OH excluding ortho intramolecular Hbond substituents is 1. The largest absolute Gasteiger partial charge is 0.508 e. The van der Waals surface area contributed by atoms with Gasteiger partial charge in [0.2, 0.25) is 16.0 Å². The maximum Gasteiger partial charge on any atom is 0.410 e.